The van der Waals surface area contributed by atoms with Crippen molar-refractivity contribution in [1.29, 1.82) is 0 Å². The van der Waals surface area contributed by atoms with Gasteiger partial charge in [-0.1, -0.05) is 6.07 Å². The normalized spacial score (nSPS) is 19.5. The van der Waals surface area contributed by atoms with E-state index in [1.807, 2.05) is 0 Å². The van der Waals surface area contributed by atoms with Gasteiger partial charge in [-0.05, 0) is 29.8 Å². The van der Waals surface area contributed by atoms with Gasteiger partial charge in [0.1, 0.15) is 17.1 Å². The number of aromatic nitrogens is 1. The summed E-state index contributed by atoms with van der Waals surface area (Å²) in [6.45, 7) is 0. The third-order valence-corrected chi connectivity index (χ3v) is 3.86. The molecule has 0 bridgehead atoms. The number of benzene rings is 1. The average molecular weight is 326 g/mol. The van der Waals surface area contributed by atoms with Crippen LogP contribution in [0.4, 0.5) is 29.1 Å². The van der Waals surface area contributed by atoms with Gasteiger partial charge in [0.05, 0.1) is 6.42 Å². The summed E-state index contributed by atoms with van der Waals surface area (Å²) in [5.74, 6) is -2.61. The Bertz CT molecular complexity index is 791. The summed E-state index contributed by atoms with van der Waals surface area (Å²) in [5.41, 5.74) is -3.69. The number of rotatable bonds is 2. The zero-order valence-electron chi connectivity index (χ0n) is 11.5. The second-order valence-corrected chi connectivity index (χ2v) is 5.19. The zero-order valence-corrected chi connectivity index (χ0v) is 11.5. The van der Waals surface area contributed by atoms with Crippen LogP contribution in [0, 0.1) is 5.82 Å². The zero-order chi connectivity index (χ0) is 16.8. The van der Waals surface area contributed by atoms with Gasteiger partial charge in [-0.15, -0.1) is 0 Å². The summed E-state index contributed by atoms with van der Waals surface area (Å²) in [6, 6.07) is 5.30. The highest BCUT2D eigenvalue weighted by atomic mass is 19.4. The third-order valence-electron chi connectivity index (χ3n) is 3.86. The number of aliphatic carboxylic acids is 1. The molecule has 2 heterocycles. The molecule has 0 saturated heterocycles. The van der Waals surface area contributed by atoms with Gasteiger partial charge < -0.3 is 10.4 Å². The molecule has 1 unspecified atom stereocenters. The van der Waals surface area contributed by atoms with Gasteiger partial charge in [0.15, 0.2) is 0 Å². The number of hydrogen-bond acceptors (Lipinski definition) is 3. The van der Waals surface area contributed by atoms with E-state index in [1.165, 1.54) is 12.3 Å². The van der Waals surface area contributed by atoms with E-state index in [1.54, 1.807) is 0 Å². The van der Waals surface area contributed by atoms with Crippen molar-refractivity contribution < 1.29 is 27.5 Å². The van der Waals surface area contributed by atoms with Crippen molar-refractivity contribution in [1.82, 2.24) is 4.98 Å². The Morgan fingerprint density at radius 1 is 1.26 bits per heavy atom. The van der Waals surface area contributed by atoms with Gasteiger partial charge in [-0.3, -0.25) is 4.79 Å². The first-order valence-electron chi connectivity index (χ1n) is 6.57. The standard InChI is InChI=1S/C15H10F4N2O2/c16-8-3-4-11-10(6-8)14(7-12(22)23,15(17,18)19)9-2-1-5-20-13(9)21-11/h1-6H,7H2,(H,20,21)(H,22,23). The van der Waals surface area contributed by atoms with E-state index in [-0.39, 0.29) is 17.1 Å². The Hall–Kier alpha value is -2.64. The molecule has 0 spiro atoms. The molecule has 1 aliphatic rings. The molecule has 8 heteroatoms. The predicted octanol–water partition coefficient (Wildman–Crippen LogP) is 3.60. The van der Waals surface area contributed by atoms with Gasteiger partial charge in [0.2, 0.25) is 0 Å². The summed E-state index contributed by atoms with van der Waals surface area (Å²) in [5, 5.41) is 11.8. The second-order valence-electron chi connectivity index (χ2n) is 5.19. The molecule has 1 aromatic heterocycles. The molecule has 0 fully saturated rings. The molecule has 1 aliphatic heterocycles. The van der Waals surface area contributed by atoms with Crippen LogP contribution < -0.4 is 5.32 Å². The van der Waals surface area contributed by atoms with Gasteiger partial charge in [0.25, 0.3) is 0 Å². The van der Waals surface area contributed by atoms with Crippen molar-refractivity contribution in [2.45, 2.75) is 18.0 Å². The predicted molar refractivity (Wildman–Crippen MR) is 73.0 cm³/mol. The number of pyridine rings is 1. The SMILES string of the molecule is O=C(O)CC1(C(F)(F)F)c2cc(F)ccc2Nc2ncccc21. The minimum Gasteiger partial charge on any atom is -0.481 e. The van der Waals surface area contributed by atoms with E-state index in [2.05, 4.69) is 10.3 Å². The fourth-order valence-corrected chi connectivity index (χ4v) is 2.92. The lowest BCUT2D eigenvalue weighted by Crippen LogP contribution is -2.47. The molecule has 0 saturated carbocycles. The molecule has 0 aliphatic carbocycles. The van der Waals surface area contributed by atoms with Crippen molar-refractivity contribution in [3.8, 4) is 0 Å². The lowest BCUT2D eigenvalue weighted by Gasteiger charge is -2.40. The van der Waals surface area contributed by atoms with Crippen LogP contribution in [0.25, 0.3) is 0 Å². The summed E-state index contributed by atoms with van der Waals surface area (Å²) >= 11 is 0. The highest BCUT2D eigenvalue weighted by Gasteiger charge is 2.61. The Balaban J connectivity index is 2.41. The van der Waals surface area contributed by atoms with E-state index in [0.717, 1.165) is 18.2 Å². The number of anilines is 2. The molecule has 1 atom stereocenters. The molecule has 1 aromatic carbocycles. The molecule has 4 nitrogen and oxygen atoms in total. The number of carbonyl (C=O) groups is 1. The minimum absolute atomic E-state index is 0.0174. The lowest BCUT2D eigenvalue weighted by atomic mass is 9.69. The number of hydrogen-bond donors (Lipinski definition) is 2. The van der Waals surface area contributed by atoms with Crippen molar-refractivity contribution in [2.24, 2.45) is 0 Å². The maximum atomic E-state index is 14.0. The maximum absolute atomic E-state index is 14.0. The van der Waals surface area contributed by atoms with Crippen LogP contribution in [-0.4, -0.2) is 22.2 Å². The topological polar surface area (TPSA) is 62.2 Å². The molecular weight excluding hydrogens is 316 g/mol. The highest BCUT2D eigenvalue weighted by molar-refractivity contribution is 5.79. The summed E-state index contributed by atoms with van der Waals surface area (Å²) in [7, 11) is 0. The van der Waals surface area contributed by atoms with E-state index in [4.69, 9.17) is 5.11 Å². The van der Waals surface area contributed by atoms with E-state index < -0.39 is 35.4 Å². The van der Waals surface area contributed by atoms with Crippen molar-refractivity contribution >= 4 is 17.5 Å². The molecule has 3 rings (SSSR count). The van der Waals surface area contributed by atoms with E-state index in [9.17, 15) is 22.4 Å². The summed E-state index contributed by atoms with van der Waals surface area (Å²) < 4.78 is 55.6. The van der Waals surface area contributed by atoms with Gasteiger partial charge in [-0.2, -0.15) is 13.2 Å². The Kier molecular flexibility index (Phi) is 3.28. The fraction of sp³-hybridized carbons (Fsp3) is 0.200. The Morgan fingerprint density at radius 2 is 2.00 bits per heavy atom. The third kappa shape index (κ3) is 2.21. The van der Waals surface area contributed by atoms with Gasteiger partial charge in [0, 0.05) is 17.4 Å². The molecule has 2 aromatic rings. The van der Waals surface area contributed by atoms with Crippen molar-refractivity contribution in [3.05, 3.63) is 53.5 Å². The summed E-state index contributed by atoms with van der Waals surface area (Å²) in [6.07, 6.45) is -4.91. The van der Waals surface area contributed by atoms with Crippen molar-refractivity contribution in [2.75, 3.05) is 5.32 Å². The largest absolute Gasteiger partial charge is 0.481 e. The number of carboxylic acid groups (broad SMARTS) is 1. The van der Waals surface area contributed by atoms with Crippen LogP contribution in [0.1, 0.15) is 17.5 Å². The summed E-state index contributed by atoms with van der Waals surface area (Å²) in [4.78, 5) is 15.0. The number of alkyl halides is 3. The molecule has 2 N–H and O–H groups in total. The van der Waals surface area contributed by atoms with Crippen LogP contribution >= 0.6 is 0 Å². The van der Waals surface area contributed by atoms with Crippen LogP contribution in [0.3, 0.4) is 0 Å². The number of nitrogens with zero attached hydrogens (tertiary/aromatic N) is 1. The molecule has 0 radical (unpaired) electrons. The fourth-order valence-electron chi connectivity index (χ4n) is 2.92. The first-order chi connectivity index (χ1) is 10.8. The first-order valence-corrected chi connectivity index (χ1v) is 6.57. The monoisotopic (exact) mass is 326 g/mol. The minimum atomic E-state index is -4.95. The quantitative estimate of drug-likeness (QED) is 0.828. The van der Waals surface area contributed by atoms with Crippen LogP contribution in [0.5, 0.6) is 0 Å². The lowest BCUT2D eigenvalue weighted by molar-refractivity contribution is -0.186. The number of halogens is 4. The van der Waals surface area contributed by atoms with Gasteiger partial charge in [-0.25, -0.2) is 9.37 Å². The number of nitrogens with one attached hydrogen (secondary N) is 1. The maximum Gasteiger partial charge on any atom is 0.403 e. The van der Waals surface area contributed by atoms with Crippen LogP contribution in [0.2, 0.25) is 0 Å². The van der Waals surface area contributed by atoms with Crippen LogP contribution in [0.15, 0.2) is 36.5 Å². The molecule has 23 heavy (non-hydrogen) atoms. The first kappa shape index (κ1) is 15.3. The Labute approximate surface area is 127 Å². The average Bonchev–Trinajstić information content (AvgIpc) is 2.46. The molecule has 0 amide bonds. The van der Waals surface area contributed by atoms with E-state index >= 15 is 0 Å². The van der Waals surface area contributed by atoms with E-state index in [0.29, 0.717) is 6.07 Å². The molecular formula is C15H10F4N2O2. The smallest absolute Gasteiger partial charge is 0.403 e. The van der Waals surface area contributed by atoms with Crippen LogP contribution in [-0.2, 0) is 10.2 Å². The molecule has 120 valence electrons. The number of carboxylic acids is 1. The van der Waals surface area contributed by atoms with Gasteiger partial charge >= 0.3 is 12.1 Å². The number of fused-ring (bicyclic) bond motifs is 2. The van der Waals surface area contributed by atoms with Crippen molar-refractivity contribution in [3.63, 3.8) is 0 Å². The highest BCUT2D eigenvalue weighted by Crippen LogP contribution is 2.55. The second kappa shape index (κ2) is 4.94. The Morgan fingerprint density at radius 3 is 2.65 bits per heavy atom.